The largest absolute Gasteiger partial charge is 0.466 e. The van der Waals surface area contributed by atoms with Crippen LogP contribution < -0.4 is 0 Å². The first-order valence-electron chi connectivity index (χ1n) is 5.21. The molecular formula is C11H17ClO4. The highest BCUT2D eigenvalue weighted by Gasteiger charge is 2.01. The molecule has 0 aromatic heterocycles. The van der Waals surface area contributed by atoms with Crippen molar-refractivity contribution in [3.63, 3.8) is 0 Å². The van der Waals surface area contributed by atoms with Crippen molar-refractivity contribution in [1.29, 1.82) is 0 Å². The smallest absolute Gasteiger partial charge is 0.330 e. The SMILES string of the molecule is C=CC(=O)OCCCCOC(=O)CCCCl. The van der Waals surface area contributed by atoms with Gasteiger partial charge in [0.1, 0.15) is 0 Å². The Morgan fingerprint density at radius 2 is 1.75 bits per heavy atom. The summed E-state index contributed by atoms with van der Waals surface area (Å²) in [6.07, 6.45) is 3.46. The third-order valence-corrected chi connectivity index (χ3v) is 1.99. The average molecular weight is 249 g/mol. The molecule has 0 aromatic carbocycles. The zero-order valence-electron chi connectivity index (χ0n) is 9.25. The minimum atomic E-state index is -0.431. The fraction of sp³-hybridized carbons (Fsp3) is 0.636. The van der Waals surface area contributed by atoms with Crippen molar-refractivity contribution in [1.82, 2.24) is 0 Å². The van der Waals surface area contributed by atoms with Crippen LogP contribution in [0.5, 0.6) is 0 Å². The maximum atomic E-state index is 11.0. The van der Waals surface area contributed by atoms with E-state index >= 15 is 0 Å². The minimum absolute atomic E-state index is 0.233. The summed E-state index contributed by atoms with van der Waals surface area (Å²) < 4.78 is 9.67. The molecule has 5 heteroatoms. The maximum absolute atomic E-state index is 11.0. The maximum Gasteiger partial charge on any atom is 0.330 e. The van der Waals surface area contributed by atoms with Crippen molar-refractivity contribution in [2.24, 2.45) is 0 Å². The van der Waals surface area contributed by atoms with Gasteiger partial charge in [-0.3, -0.25) is 4.79 Å². The summed E-state index contributed by atoms with van der Waals surface area (Å²) in [6.45, 7) is 3.95. The molecule has 0 fully saturated rings. The molecule has 16 heavy (non-hydrogen) atoms. The van der Waals surface area contributed by atoms with Crippen LogP contribution in [0.2, 0.25) is 0 Å². The van der Waals surface area contributed by atoms with Gasteiger partial charge in [0.15, 0.2) is 0 Å². The number of carbonyl (C=O) groups excluding carboxylic acids is 2. The second-order valence-electron chi connectivity index (χ2n) is 3.09. The van der Waals surface area contributed by atoms with Gasteiger partial charge in [0.25, 0.3) is 0 Å². The highest BCUT2D eigenvalue weighted by molar-refractivity contribution is 6.17. The normalized spacial score (nSPS) is 9.56. The fourth-order valence-corrected chi connectivity index (χ4v) is 1.04. The van der Waals surface area contributed by atoms with Crippen molar-refractivity contribution in [2.75, 3.05) is 19.1 Å². The van der Waals surface area contributed by atoms with Gasteiger partial charge in [-0.1, -0.05) is 6.58 Å². The van der Waals surface area contributed by atoms with Gasteiger partial charge in [0, 0.05) is 18.4 Å². The van der Waals surface area contributed by atoms with E-state index < -0.39 is 5.97 Å². The summed E-state index contributed by atoms with van der Waals surface area (Å²) >= 11 is 5.43. The molecule has 0 spiro atoms. The Bertz CT molecular complexity index is 228. The first-order valence-corrected chi connectivity index (χ1v) is 5.75. The molecule has 0 saturated heterocycles. The van der Waals surface area contributed by atoms with Crippen LogP contribution in [-0.4, -0.2) is 31.0 Å². The van der Waals surface area contributed by atoms with Crippen LogP contribution in [-0.2, 0) is 19.1 Å². The molecule has 0 heterocycles. The number of hydrogen-bond donors (Lipinski definition) is 0. The Hall–Kier alpha value is -1.03. The fourth-order valence-electron chi connectivity index (χ4n) is 0.905. The molecule has 0 unspecified atom stereocenters. The zero-order chi connectivity index (χ0) is 12.2. The van der Waals surface area contributed by atoms with Gasteiger partial charge in [0.05, 0.1) is 13.2 Å². The van der Waals surface area contributed by atoms with E-state index in [0.29, 0.717) is 44.8 Å². The number of ether oxygens (including phenoxy) is 2. The summed E-state index contributed by atoms with van der Waals surface area (Å²) in [6, 6.07) is 0. The van der Waals surface area contributed by atoms with Crippen LogP contribution in [0.1, 0.15) is 25.7 Å². The molecule has 0 aromatic rings. The first kappa shape index (κ1) is 15.0. The van der Waals surface area contributed by atoms with Crippen LogP contribution >= 0.6 is 11.6 Å². The molecule has 0 aliphatic rings. The topological polar surface area (TPSA) is 52.6 Å². The van der Waals surface area contributed by atoms with Gasteiger partial charge in [-0.2, -0.15) is 0 Å². The monoisotopic (exact) mass is 248 g/mol. The van der Waals surface area contributed by atoms with Gasteiger partial charge in [-0.15, -0.1) is 11.6 Å². The Labute approximate surface area is 101 Å². The van der Waals surface area contributed by atoms with Gasteiger partial charge in [-0.25, -0.2) is 4.79 Å². The van der Waals surface area contributed by atoms with Gasteiger partial charge in [-0.05, 0) is 19.3 Å². The van der Waals surface area contributed by atoms with Gasteiger partial charge in [0.2, 0.25) is 0 Å². The van der Waals surface area contributed by atoms with E-state index in [1.807, 2.05) is 0 Å². The second kappa shape index (κ2) is 10.5. The summed E-state index contributed by atoms with van der Waals surface area (Å²) in [5, 5.41) is 0. The van der Waals surface area contributed by atoms with Crippen molar-refractivity contribution in [3.05, 3.63) is 12.7 Å². The lowest BCUT2D eigenvalue weighted by Crippen LogP contribution is -2.07. The van der Waals surface area contributed by atoms with E-state index in [4.69, 9.17) is 21.1 Å². The molecule has 92 valence electrons. The number of carbonyl (C=O) groups is 2. The number of alkyl halides is 1. The summed E-state index contributed by atoms with van der Waals surface area (Å²) in [5.41, 5.74) is 0. The molecule has 0 aliphatic carbocycles. The van der Waals surface area contributed by atoms with Crippen LogP contribution in [0, 0.1) is 0 Å². The van der Waals surface area contributed by atoms with E-state index in [1.165, 1.54) is 0 Å². The standard InChI is InChI=1S/C11H17ClO4/c1-2-10(13)15-8-3-4-9-16-11(14)6-5-7-12/h2H,1,3-9H2. The molecular weight excluding hydrogens is 232 g/mol. The molecule has 0 atom stereocenters. The molecule has 0 bridgehead atoms. The Kier molecular flexibility index (Phi) is 9.81. The van der Waals surface area contributed by atoms with Crippen molar-refractivity contribution in [3.8, 4) is 0 Å². The molecule has 0 radical (unpaired) electrons. The van der Waals surface area contributed by atoms with E-state index in [9.17, 15) is 9.59 Å². The van der Waals surface area contributed by atoms with Crippen LogP contribution in [0.4, 0.5) is 0 Å². The van der Waals surface area contributed by atoms with E-state index in [2.05, 4.69) is 6.58 Å². The number of esters is 2. The lowest BCUT2D eigenvalue weighted by molar-refractivity contribution is -0.144. The average Bonchev–Trinajstić information content (AvgIpc) is 2.30. The van der Waals surface area contributed by atoms with E-state index in [1.54, 1.807) is 0 Å². The zero-order valence-corrected chi connectivity index (χ0v) is 10.0. The Morgan fingerprint density at radius 3 is 2.31 bits per heavy atom. The minimum Gasteiger partial charge on any atom is -0.466 e. The van der Waals surface area contributed by atoms with Crippen LogP contribution in [0.15, 0.2) is 12.7 Å². The van der Waals surface area contributed by atoms with Crippen LogP contribution in [0.25, 0.3) is 0 Å². The van der Waals surface area contributed by atoms with E-state index in [0.717, 1.165) is 6.08 Å². The molecule has 0 rings (SSSR count). The Morgan fingerprint density at radius 1 is 1.12 bits per heavy atom. The summed E-state index contributed by atoms with van der Waals surface area (Å²) in [4.78, 5) is 21.6. The first-order chi connectivity index (χ1) is 7.70. The molecule has 0 N–H and O–H groups in total. The number of unbranched alkanes of at least 4 members (excludes halogenated alkanes) is 1. The van der Waals surface area contributed by atoms with E-state index in [-0.39, 0.29) is 5.97 Å². The van der Waals surface area contributed by atoms with Crippen molar-refractivity contribution in [2.45, 2.75) is 25.7 Å². The molecule has 0 aliphatic heterocycles. The predicted molar refractivity (Wildman–Crippen MR) is 61.3 cm³/mol. The lowest BCUT2D eigenvalue weighted by Gasteiger charge is -2.04. The Balaban J connectivity index is 3.23. The highest BCUT2D eigenvalue weighted by atomic mass is 35.5. The van der Waals surface area contributed by atoms with Gasteiger partial charge < -0.3 is 9.47 Å². The number of hydrogen-bond acceptors (Lipinski definition) is 4. The van der Waals surface area contributed by atoms with Crippen molar-refractivity contribution >= 4 is 23.5 Å². The van der Waals surface area contributed by atoms with Crippen molar-refractivity contribution < 1.29 is 19.1 Å². The third kappa shape index (κ3) is 9.52. The molecule has 0 saturated carbocycles. The third-order valence-electron chi connectivity index (χ3n) is 1.73. The van der Waals surface area contributed by atoms with Gasteiger partial charge >= 0.3 is 11.9 Å². The summed E-state index contributed by atoms with van der Waals surface area (Å²) in [7, 11) is 0. The number of rotatable bonds is 9. The predicted octanol–water partition coefficient (Wildman–Crippen LogP) is 2.06. The number of halogens is 1. The van der Waals surface area contributed by atoms with Crippen LogP contribution in [0.3, 0.4) is 0 Å². The quantitative estimate of drug-likeness (QED) is 0.271. The molecule has 4 nitrogen and oxygen atoms in total. The summed E-state index contributed by atoms with van der Waals surface area (Å²) in [5.74, 6) is -0.199. The second-order valence-corrected chi connectivity index (χ2v) is 3.47. The molecule has 0 amide bonds. The lowest BCUT2D eigenvalue weighted by atomic mass is 10.3. The highest BCUT2D eigenvalue weighted by Crippen LogP contribution is 1.97.